The average Bonchev–Trinajstić information content (AvgIpc) is 3.15. The van der Waals surface area contributed by atoms with Crippen LogP contribution in [0.2, 0.25) is 0 Å². The van der Waals surface area contributed by atoms with Crippen LogP contribution in [0.4, 0.5) is 0 Å². The van der Waals surface area contributed by atoms with Crippen molar-refractivity contribution in [1.29, 1.82) is 0 Å². The van der Waals surface area contributed by atoms with E-state index in [1.54, 1.807) is 0 Å². The van der Waals surface area contributed by atoms with Gasteiger partial charge in [0.1, 0.15) is 0 Å². The molecule has 0 aliphatic heterocycles. The van der Waals surface area contributed by atoms with Gasteiger partial charge in [-0.15, -0.1) is 0 Å². The van der Waals surface area contributed by atoms with E-state index < -0.39 is 0 Å². The van der Waals surface area contributed by atoms with E-state index in [1.165, 1.54) is 35.1 Å². The summed E-state index contributed by atoms with van der Waals surface area (Å²) in [6.45, 7) is 9.23. The summed E-state index contributed by atoms with van der Waals surface area (Å²) in [4.78, 5) is 0. The summed E-state index contributed by atoms with van der Waals surface area (Å²) in [5.41, 5.74) is 5.78. The summed E-state index contributed by atoms with van der Waals surface area (Å²) in [5.74, 6) is 0. The Morgan fingerprint density at radius 2 is 1.27 bits per heavy atom. The van der Waals surface area contributed by atoms with Gasteiger partial charge in [-0.2, -0.15) is 11.6 Å². The Morgan fingerprint density at radius 3 is 1.67 bits per heavy atom. The van der Waals surface area contributed by atoms with Gasteiger partial charge in [0, 0.05) is 0 Å². The van der Waals surface area contributed by atoms with Crippen molar-refractivity contribution < 1.29 is 58.9 Å². The molecule has 0 spiro atoms. The van der Waals surface area contributed by atoms with Crippen molar-refractivity contribution in [2.45, 2.75) is 58.8 Å². The van der Waals surface area contributed by atoms with Gasteiger partial charge < -0.3 is 37.2 Å². The Morgan fingerprint density at radius 1 is 0.800 bits per heavy atom. The van der Waals surface area contributed by atoms with Crippen LogP contribution in [0.5, 0.6) is 0 Å². The first-order chi connectivity index (χ1) is 12.5. The zero-order valence-corrected chi connectivity index (χ0v) is 22.1. The molecular formula is C26H31Cl3Ti. The van der Waals surface area contributed by atoms with E-state index in [-0.39, 0.29) is 69.8 Å². The molecular weight excluding hydrogens is 467 g/mol. The van der Waals surface area contributed by atoms with Crippen molar-refractivity contribution >= 4 is 0 Å². The summed E-state index contributed by atoms with van der Waals surface area (Å²) in [6, 6.07) is 22.2. The van der Waals surface area contributed by atoms with E-state index in [0.717, 1.165) is 12.8 Å². The third-order valence-electron chi connectivity index (χ3n) is 5.56. The van der Waals surface area contributed by atoms with Crippen molar-refractivity contribution in [2.24, 2.45) is 5.41 Å². The van der Waals surface area contributed by atoms with Gasteiger partial charge in [-0.25, -0.2) is 5.57 Å². The number of rotatable bonds is 6. The Hall–Kier alpha value is -0.496. The predicted octanol–water partition coefficient (Wildman–Crippen LogP) is -1.72. The summed E-state index contributed by atoms with van der Waals surface area (Å²) in [6.07, 6.45) is 10.4. The molecule has 1 aliphatic carbocycles. The largest absolute Gasteiger partial charge is 4.00 e. The Labute approximate surface area is 217 Å². The normalized spacial score (nSPS) is 12.9. The second-order valence-electron chi connectivity index (χ2n) is 8.40. The van der Waals surface area contributed by atoms with E-state index in [4.69, 9.17) is 0 Å². The van der Waals surface area contributed by atoms with E-state index in [1.807, 2.05) is 0 Å². The smallest absolute Gasteiger partial charge is 1.00 e. The molecule has 0 bridgehead atoms. The minimum absolute atomic E-state index is 0. The molecule has 0 fully saturated rings. The SMILES string of the molecule is CCCCC(C1=C(C(C)(C)C)[C-]=CC1)(c1ccccc1)c1ccccc1.[Cl-].[Cl-].[Cl-].[Ti+4]. The summed E-state index contributed by atoms with van der Waals surface area (Å²) in [5, 5.41) is 0. The number of unbranched alkanes of at least 4 members (excludes halogenated alkanes) is 1. The Balaban J connectivity index is 0. The topological polar surface area (TPSA) is 0 Å². The van der Waals surface area contributed by atoms with Crippen molar-refractivity contribution in [3.8, 4) is 0 Å². The van der Waals surface area contributed by atoms with Crippen molar-refractivity contribution in [3.05, 3.63) is 95.1 Å². The fourth-order valence-corrected chi connectivity index (χ4v) is 4.34. The fraction of sp³-hybridized carbons (Fsp3) is 0.385. The summed E-state index contributed by atoms with van der Waals surface area (Å²) < 4.78 is 0. The Kier molecular flexibility index (Phi) is 14.6. The van der Waals surface area contributed by atoms with Crippen LogP contribution in [0.25, 0.3) is 0 Å². The monoisotopic (exact) mass is 496 g/mol. The van der Waals surface area contributed by atoms with Gasteiger partial charge in [-0.3, -0.25) is 6.08 Å². The van der Waals surface area contributed by atoms with Gasteiger partial charge in [0.15, 0.2) is 0 Å². The van der Waals surface area contributed by atoms with Gasteiger partial charge in [-0.1, -0.05) is 125 Å². The average molecular weight is 498 g/mol. The maximum Gasteiger partial charge on any atom is 4.00 e. The third-order valence-corrected chi connectivity index (χ3v) is 5.56. The number of allylic oxidation sites excluding steroid dienone is 4. The van der Waals surface area contributed by atoms with E-state index >= 15 is 0 Å². The van der Waals surface area contributed by atoms with E-state index in [0.29, 0.717) is 0 Å². The standard InChI is InChI=1S/C26H31.3ClH.Ti/c1-5-6-20-26(21-14-9-7-10-15-21,22-16-11-8-12-17-22)24-19-13-18-23(24)25(2,3)4;;;;/h7-17H,5-6,19-20H2,1-4H3;3*1H;/q-1;;;;+4/p-3. The molecule has 0 nitrogen and oxygen atoms in total. The molecule has 0 atom stereocenters. The molecule has 0 saturated heterocycles. The molecule has 1 aliphatic rings. The molecule has 4 heteroatoms. The molecule has 0 radical (unpaired) electrons. The minimum atomic E-state index is -0.0683. The van der Waals surface area contributed by atoms with Crippen LogP contribution < -0.4 is 37.2 Å². The minimum Gasteiger partial charge on any atom is -1.00 e. The second-order valence-corrected chi connectivity index (χ2v) is 8.40. The Bertz CT molecular complexity index is 751. The quantitative estimate of drug-likeness (QED) is 0.329. The predicted molar refractivity (Wildman–Crippen MR) is 112 cm³/mol. The fourth-order valence-electron chi connectivity index (χ4n) is 4.34. The van der Waals surface area contributed by atoms with Crippen molar-refractivity contribution in [3.63, 3.8) is 0 Å². The molecule has 0 unspecified atom stereocenters. The molecule has 2 aromatic rings. The van der Waals surface area contributed by atoms with Crippen LogP contribution in [0, 0.1) is 11.5 Å². The van der Waals surface area contributed by atoms with Gasteiger partial charge in [0.2, 0.25) is 0 Å². The molecule has 160 valence electrons. The van der Waals surface area contributed by atoms with Gasteiger partial charge >= 0.3 is 21.7 Å². The molecule has 3 rings (SSSR count). The van der Waals surface area contributed by atoms with E-state index in [9.17, 15) is 0 Å². The molecule has 30 heavy (non-hydrogen) atoms. The maximum absolute atomic E-state index is 3.62. The first-order valence-corrected chi connectivity index (χ1v) is 9.93. The van der Waals surface area contributed by atoms with Crippen LogP contribution in [0.15, 0.2) is 77.9 Å². The molecule has 2 aromatic carbocycles. The van der Waals surface area contributed by atoms with Crippen LogP contribution in [0.1, 0.15) is 64.5 Å². The zero-order chi connectivity index (χ0) is 18.6. The van der Waals surface area contributed by atoms with Crippen LogP contribution in [0.3, 0.4) is 0 Å². The van der Waals surface area contributed by atoms with Crippen LogP contribution >= 0.6 is 0 Å². The molecule has 0 N–H and O–H groups in total. The zero-order valence-electron chi connectivity index (χ0n) is 18.3. The van der Waals surface area contributed by atoms with Gasteiger partial charge in [0.05, 0.1) is 0 Å². The van der Waals surface area contributed by atoms with Crippen LogP contribution in [-0.2, 0) is 27.1 Å². The first-order valence-electron chi connectivity index (χ1n) is 9.93. The van der Waals surface area contributed by atoms with E-state index in [2.05, 4.69) is 101 Å². The van der Waals surface area contributed by atoms with Crippen molar-refractivity contribution in [2.75, 3.05) is 0 Å². The molecule has 0 heterocycles. The number of halogens is 3. The number of benzene rings is 2. The second kappa shape index (κ2) is 13.8. The summed E-state index contributed by atoms with van der Waals surface area (Å²) in [7, 11) is 0. The van der Waals surface area contributed by atoms with Crippen LogP contribution in [-0.4, -0.2) is 0 Å². The molecule has 0 saturated carbocycles. The molecule has 0 amide bonds. The number of hydrogen-bond acceptors (Lipinski definition) is 0. The van der Waals surface area contributed by atoms with Gasteiger partial charge in [0.25, 0.3) is 0 Å². The number of hydrogen-bond donors (Lipinski definition) is 0. The summed E-state index contributed by atoms with van der Waals surface area (Å²) >= 11 is 0. The third kappa shape index (κ3) is 6.50. The maximum atomic E-state index is 3.62. The van der Waals surface area contributed by atoms with Crippen molar-refractivity contribution in [1.82, 2.24) is 0 Å². The molecule has 0 aromatic heterocycles. The van der Waals surface area contributed by atoms with Gasteiger partial charge in [-0.05, 0) is 10.8 Å². The first kappa shape index (κ1) is 31.7.